The number of hydrogen-bond acceptors (Lipinski definition) is 1. The first-order valence-corrected chi connectivity index (χ1v) is 4.92. The Morgan fingerprint density at radius 1 is 1.36 bits per heavy atom. The minimum atomic E-state index is -1.07. The summed E-state index contributed by atoms with van der Waals surface area (Å²) < 4.78 is 44.0. The smallest absolute Gasteiger partial charge is 0.123 e. The van der Waals surface area contributed by atoms with Gasteiger partial charge < -0.3 is 5.32 Å². The molecule has 1 heterocycles. The number of halogens is 1. The Morgan fingerprint density at radius 2 is 2.07 bits per heavy atom. The fourth-order valence-electron chi connectivity index (χ4n) is 1.73. The molecule has 0 aromatic heterocycles. The number of piperidine rings is 1. The Bertz CT molecular complexity index is 441. The first-order valence-electron chi connectivity index (χ1n) is 6.92. The van der Waals surface area contributed by atoms with Crippen molar-refractivity contribution in [3.05, 3.63) is 35.6 Å². The third-order valence-electron chi connectivity index (χ3n) is 2.62. The largest absolute Gasteiger partial charge is 0.310 e. The molecule has 1 aromatic rings. The monoisotopic (exact) mass is 197 g/mol. The highest BCUT2D eigenvalue weighted by atomic mass is 19.1. The van der Waals surface area contributed by atoms with E-state index in [-0.39, 0.29) is 18.1 Å². The van der Waals surface area contributed by atoms with E-state index in [0.29, 0.717) is 11.5 Å². The fourth-order valence-corrected chi connectivity index (χ4v) is 1.73. The van der Waals surface area contributed by atoms with Crippen LogP contribution in [0.3, 0.4) is 0 Å². The summed E-state index contributed by atoms with van der Waals surface area (Å²) in [7, 11) is 0. The van der Waals surface area contributed by atoms with Crippen molar-refractivity contribution < 1.29 is 9.87 Å². The highest BCUT2D eigenvalue weighted by Gasteiger charge is 2.18. The lowest BCUT2D eigenvalue weighted by molar-refractivity contribution is 0.333. The average molecular weight is 197 g/mol. The van der Waals surface area contributed by atoms with Gasteiger partial charge in [-0.25, -0.2) is 4.39 Å². The Morgan fingerprint density at radius 3 is 2.64 bits per heavy atom. The zero-order chi connectivity index (χ0) is 13.4. The van der Waals surface area contributed by atoms with E-state index in [2.05, 4.69) is 12.2 Å². The van der Waals surface area contributed by atoms with Gasteiger partial charge >= 0.3 is 0 Å². The molecular weight excluding hydrogens is 177 g/mol. The van der Waals surface area contributed by atoms with Crippen molar-refractivity contribution in [2.24, 2.45) is 5.92 Å². The van der Waals surface area contributed by atoms with Crippen molar-refractivity contribution in [3.8, 4) is 0 Å². The molecule has 0 bridgehead atoms. The highest BCUT2D eigenvalue weighted by molar-refractivity contribution is 5.20. The second-order valence-electron chi connectivity index (χ2n) is 3.87. The van der Waals surface area contributed by atoms with Crippen LogP contribution in [0, 0.1) is 11.7 Å². The van der Waals surface area contributed by atoms with Crippen molar-refractivity contribution in [2.75, 3.05) is 6.54 Å². The van der Waals surface area contributed by atoms with Crippen LogP contribution in [0.2, 0.25) is 0 Å². The maximum absolute atomic E-state index is 13.4. The van der Waals surface area contributed by atoms with Crippen molar-refractivity contribution in [2.45, 2.75) is 25.8 Å². The molecule has 1 aromatic carbocycles. The molecule has 2 heteroatoms. The first-order chi connectivity index (χ1) is 8.43. The van der Waals surface area contributed by atoms with Gasteiger partial charge in [0.15, 0.2) is 0 Å². The van der Waals surface area contributed by atoms with Crippen LogP contribution in [0.15, 0.2) is 24.2 Å². The minimum Gasteiger partial charge on any atom is -0.310 e. The first kappa shape index (κ1) is 5.86. The van der Waals surface area contributed by atoms with Crippen LogP contribution in [-0.2, 0) is 0 Å². The van der Waals surface area contributed by atoms with Gasteiger partial charge in [0.1, 0.15) is 5.82 Å². The van der Waals surface area contributed by atoms with Crippen LogP contribution in [0.1, 0.15) is 36.9 Å². The van der Waals surface area contributed by atoms with E-state index in [1.807, 2.05) is 0 Å². The van der Waals surface area contributed by atoms with Gasteiger partial charge in [-0.3, -0.25) is 0 Å². The molecule has 1 N–H and O–H groups in total. The molecule has 1 saturated heterocycles. The molecule has 0 aliphatic carbocycles. The summed E-state index contributed by atoms with van der Waals surface area (Å²) in [6.07, 6.45) is 1.72. The van der Waals surface area contributed by atoms with Gasteiger partial charge in [0.05, 0.1) is 5.48 Å². The Labute approximate surface area is 90.0 Å². The standard InChI is InChI=1S/C12H16FN/c1-9-2-7-12(14-8-9)10-3-5-11(13)6-4-10/h3-6,9,12,14H,2,7-8H2,1H3/i3D,4D,5D,6D. The van der Waals surface area contributed by atoms with E-state index < -0.39 is 17.9 Å². The predicted molar refractivity (Wildman–Crippen MR) is 55.5 cm³/mol. The Balaban J connectivity index is 2.45. The zero-order valence-electron chi connectivity index (χ0n) is 12.2. The van der Waals surface area contributed by atoms with E-state index in [0.717, 1.165) is 19.4 Å². The number of benzene rings is 1. The molecule has 1 nitrogen and oxygen atoms in total. The summed E-state index contributed by atoms with van der Waals surface area (Å²) in [5.74, 6) is -0.533. The van der Waals surface area contributed by atoms with Crippen LogP contribution in [0.5, 0.6) is 0 Å². The summed E-state index contributed by atoms with van der Waals surface area (Å²) in [6.45, 7) is 2.89. The normalized spacial score (nSPS) is 31.6. The second-order valence-corrected chi connectivity index (χ2v) is 3.87. The molecule has 2 unspecified atom stereocenters. The van der Waals surface area contributed by atoms with Crippen LogP contribution in [-0.4, -0.2) is 6.54 Å². The highest BCUT2D eigenvalue weighted by Crippen LogP contribution is 2.25. The van der Waals surface area contributed by atoms with Crippen LogP contribution >= 0.6 is 0 Å². The lowest BCUT2D eigenvalue weighted by Gasteiger charge is -2.28. The molecule has 0 radical (unpaired) electrons. The van der Waals surface area contributed by atoms with Crippen molar-refractivity contribution in [1.29, 1.82) is 0 Å². The van der Waals surface area contributed by atoms with Crippen LogP contribution in [0.25, 0.3) is 0 Å². The molecule has 1 aliphatic heterocycles. The quantitative estimate of drug-likeness (QED) is 0.730. The summed E-state index contributed by atoms with van der Waals surface area (Å²) >= 11 is 0. The SMILES string of the molecule is [2H]c1c([2H])c(C2CCC(C)CN2)c([2H])c([2H])c1F. The van der Waals surface area contributed by atoms with Crippen LogP contribution in [0.4, 0.5) is 4.39 Å². The molecule has 14 heavy (non-hydrogen) atoms. The molecule has 1 fully saturated rings. The molecule has 2 atom stereocenters. The van der Waals surface area contributed by atoms with Crippen LogP contribution < -0.4 is 5.32 Å². The maximum atomic E-state index is 13.4. The Hall–Kier alpha value is -0.890. The van der Waals surface area contributed by atoms with E-state index in [1.165, 1.54) is 0 Å². The number of hydrogen-bond donors (Lipinski definition) is 1. The van der Waals surface area contributed by atoms with Crippen molar-refractivity contribution >= 4 is 0 Å². The van der Waals surface area contributed by atoms with Crippen molar-refractivity contribution in [1.82, 2.24) is 5.32 Å². The maximum Gasteiger partial charge on any atom is 0.123 e. The molecular formula is C12H16FN. The average Bonchev–Trinajstić information content (AvgIpc) is 2.36. The Kier molecular flexibility index (Phi) is 1.71. The zero-order valence-corrected chi connectivity index (χ0v) is 8.15. The molecule has 2 rings (SSSR count). The summed E-state index contributed by atoms with van der Waals surface area (Å²) in [4.78, 5) is 0. The lowest BCUT2D eigenvalue weighted by Crippen LogP contribution is -2.31. The van der Waals surface area contributed by atoms with E-state index >= 15 is 0 Å². The van der Waals surface area contributed by atoms with Gasteiger partial charge in [-0.05, 0) is 43.0 Å². The lowest BCUT2D eigenvalue weighted by atomic mass is 9.92. The predicted octanol–water partition coefficient (Wildman–Crippen LogP) is 2.89. The van der Waals surface area contributed by atoms with Gasteiger partial charge in [0.2, 0.25) is 0 Å². The minimum absolute atomic E-state index is 0.213. The summed E-state index contributed by atoms with van der Waals surface area (Å²) in [5, 5.41) is 3.21. The number of nitrogens with one attached hydrogen (secondary N) is 1. The molecule has 0 saturated carbocycles. The van der Waals surface area contributed by atoms with Gasteiger partial charge in [0.25, 0.3) is 0 Å². The van der Waals surface area contributed by atoms with E-state index in [1.54, 1.807) is 0 Å². The van der Waals surface area contributed by atoms with E-state index in [4.69, 9.17) is 5.48 Å². The summed E-state index contributed by atoms with van der Waals surface area (Å²) in [5.41, 5.74) is 0.290. The molecule has 1 aliphatic rings. The van der Waals surface area contributed by atoms with Crippen molar-refractivity contribution in [3.63, 3.8) is 0 Å². The summed E-state index contributed by atoms with van der Waals surface area (Å²) in [6, 6.07) is -1.89. The van der Waals surface area contributed by atoms with Gasteiger partial charge in [-0.1, -0.05) is 19.0 Å². The molecule has 0 amide bonds. The van der Waals surface area contributed by atoms with E-state index in [9.17, 15) is 4.39 Å². The number of rotatable bonds is 1. The third-order valence-corrected chi connectivity index (χ3v) is 2.62. The second kappa shape index (κ2) is 4.09. The van der Waals surface area contributed by atoms with Gasteiger partial charge in [-0.15, -0.1) is 0 Å². The molecule has 0 spiro atoms. The topological polar surface area (TPSA) is 12.0 Å². The molecule has 76 valence electrons. The third kappa shape index (κ3) is 2.13. The fraction of sp³-hybridized carbons (Fsp3) is 0.500. The van der Waals surface area contributed by atoms with Gasteiger partial charge in [-0.2, -0.15) is 0 Å². The van der Waals surface area contributed by atoms with Gasteiger partial charge in [0, 0.05) is 6.04 Å².